The monoisotopic (exact) mass is 790 g/mol. The minimum Gasteiger partial charge on any atom is -0.233 e. The zero-order chi connectivity index (χ0) is 39.6. The summed E-state index contributed by atoms with van der Waals surface area (Å²) in [4.78, 5) is -0.112. The van der Waals surface area contributed by atoms with Gasteiger partial charge in [-0.05, 0) is 74.5 Å². The first-order chi connectivity index (χ1) is 25.2. The molecule has 6 rings (SSSR count). The van der Waals surface area contributed by atoms with Crippen LogP contribution in [0.4, 0.5) is 26.3 Å². The quantitative estimate of drug-likeness (QED) is 0.152. The second-order valence-corrected chi connectivity index (χ2v) is 15.2. The van der Waals surface area contributed by atoms with Gasteiger partial charge in [0.15, 0.2) is 11.4 Å². The molecular formula is C36H32F6N6O4S2. The highest BCUT2D eigenvalue weighted by atomic mass is 32.2. The Kier molecular flexibility index (Phi) is 11.2. The molecule has 0 aliphatic heterocycles. The van der Waals surface area contributed by atoms with Gasteiger partial charge in [0.1, 0.15) is 0 Å². The number of hydrogen-bond donors (Lipinski definition) is 2. The number of primary sulfonamides is 1. The molecular weight excluding hydrogens is 759 g/mol. The molecule has 0 unspecified atom stereocenters. The first kappa shape index (κ1) is 39.9. The molecule has 0 amide bonds. The maximum Gasteiger partial charge on any atom is 0.435 e. The Bertz CT molecular complexity index is 2460. The van der Waals surface area contributed by atoms with Crippen molar-refractivity contribution in [2.24, 2.45) is 5.14 Å². The van der Waals surface area contributed by atoms with Gasteiger partial charge < -0.3 is 0 Å². The normalized spacial score (nSPS) is 12.3. The van der Waals surface area contributed by atoms with Crippen molar-refractivity contribution in [3.8, 4) is 33.9 Å². The molecule has 0 saturated heterocycles. The summed E-state index contributed by atoms with van der Waals surface area (Å²) in [6.45, 7) is 5.64. The Hall–Kier alpha value is -5.30. The summed E-state index contributed by atoms with van der Waals surface area (Å²) in [7, 11) is -7.55. The lowest BCUT2D eigenvalue weighted by Crippen LogP contribution is -2.23. The molecule has 0 atom stereocenters. The van der Waals surface area contributed by atoms with Crippen molar-refractivity contribution in [2.75, 3.05) is 6.54 Å². The Labute approximate surface area is 307 Å². The van der Waals surface area contributed by atoms with Crippen molar-refractivity contribution < 1.29 is 43.2 Å². The molecule has 0 saturated carbocycles. The lowest BCUT2D eigenvalue weighted by Gasteiger charge is -2.10. The van der Waals surface area contributed by atoms with Crippen LogP contribution in [0.25, 0.3) is 33.9 Å². The average Bonchev–Trinajstić information content (AvgIpc) is 3.76. The van der Waals surface area contributed by atoms with E-state index in [2.05, 4.69) is 14.9 Å². The largest absolute Gasteiger partial charge is 0.435 e. The van der Waals surface area contributed by atoms with E-state index in [4.69, 9.17) is 5.14 Å². The van der Waals surface area contributed by atoms with E-state index < -0.39 is 43.8 Å². The maximum absolute atomic E-state index is 13.2. The van der Waals surface area contributed by atoms with Crippen LogP contribution < -0.4 is 9.86 Å². The number of hydrogen-bond acceptors (Lipinski definition) is 6. The van der Waals surface area contributed by atoms with Gasteiger partial charge in [-0.2, -0.15) is 36.5 Å². The van der Waals surface area contributed by atoms with Crippen molar-refractivity contribution in [3.05, 3.63) is 132 Å². The molecule has 0 spiro atoms. The van der Waals surface area contributed by atoms with Gasteiger partial charge in [0, 0.05) is 17.7 Å². The molecule has 0 aliphatic rings. The number of sulfonamides is 2. The van der Waals surface area contributed by atoms with Crippen LogP contribution in [0.15, 0.2) is 119 Å². The summed E-state index contributed by atoms with van der Waals surface area (Å²) < 4.78 is 130. The van der Waals surface area contributed by atoms with E-state index in [0.717, 1.165) is 32.6 Å². The van der Waals surface area contributed by atoms with E-state index >= 15 is 0 Å². The van der Waals surface area contributed by atoms with Gasteiger partial charge in [0.2, 0.25) is 20.0 Å². The van der Waals surface area contributed by atoms with Crippen molar-refractivity contribution >= 4 is 20.0 Å². The average molecular weight is 791 g/mol. The number of nitrogens with zero attached hydrogens (tertiary/aromatic N) is 4. The highest BCUT2D eigenvalue weighted by Crippen LogP contribution is 2.35. The number of benzene rings is 4. The van der Waals surface area contributed by atoms with Gasteiger partial charge in [-0.3, -0.25) is 0 Å². The van der Waals surface area contributed by atoms with Crippen LogP contribution >= 0.6 is 0 Å². The van der Waals surface area contributed by atoms with E-state index in [9.17, 15) is 43.2 Å². The first-order valence-electron chi connectivity index (χ1n) is 15.9. The predicted molar refractivity (Wildman–Crippen MR) is 190 cm³/mol. The number of alkyl halides is 6. The fourth-order valence-corrected chi connectivity index (χ4v) is 6.67. The Balaban J connectivity index is 0.000000208. The SMILES string of the molecule is CCNS(=O)(=O)c1ccc(-n2nc(C(F)(F)F)cc2-c2ccc(C)cc2)cc1.Cc1ccc(-c2cc(C(F)(F)F)nn2-c2ccc(S(N)(=O)=O)cc2)cc1. The molecule has 0 fully saturated rings. The fraction of sp³-hybridized carbons (Fsp3) is 0.167. The number of nitrogens with one attached hydrogen (secondary N) is 1. The van der Waals surface area contributed by atoms with Crippen molar-refractivity contribution in [1.29, 1.82) is 0 Å². The Morgan fingerprint density at radius 1 is 0.593 bits per heavy atom. The maximum atomic E-state index is 13.2. The smallest absolute Gasteiger partial charge is 0.233 e. The van der Waals surface area contributed by atoms with Gasteiger partial charge in [-0.1, -0.05) is 66.6 Å². The summed E-state index contributed by atoms with van der Waals surface area (Å²) in [5, 5.41) is 12.4. The third kappa shape index (κ3) is 9.25. The Morgan fingerprint density at radius 2 is 0.944 bits per heavy atom. The molecule has 4 aromatic carbocycles. The molecule has 54 heavy (non-hydrogen) atoms. The number of aryl methyl sites for hydroxylation is 2. The summed E-state index contributed by atoms with van der Waals surface area (Å²) in [5.74, 6) is 0. The van der Waals surface area contributed by atoms with E-state index in [1.807, 2.05) is 13.8 Å². The molecule has 284 valence electrons. The predicted octanol–water partition coefficient (Wildman–Crippen LogP) is 7.68. The van der Waals surface area contributed by atoms with Crippen LogP contribution in [0, 0.1) is 13.8 Å². The number of aromatic nitrogens is 4. The van der Waals surface area contributed by atoms with Gasteiger partial charge in [-0.25, -0.2) is 36.1 Å². The summed E-state index contributed by atoms with van der Waals surface area (Å²) in [6, 6.07) is 26.6. The second-order valence-electron chi connectivity index (χ2n) is 11.9. The van der Waals surface area contributed by atoms with Crippen LogP contribution in [0.5, 0.6) is 0 Å². The van der Waals surface area contributed by atoms with Crippen LogP contribution in [0.3, 0.4) is 0 Å². The van der Waals surface area contributed by atoms with Crippen molar-refractivity contribution in [2.45, 2.75) is 42.9 Å². The number of nitrogens with two attached hydrogens (primary N) is 1. The molecule has 3 N–H and O–H groups in total. The fourth-order valence-electron chi connectivity index (χ4n) is 5.11. The van der Waals surface area contributed by atoms with Crippen LogP contribution in [0.1, 0.15) is 29.4 Å². The second kappa shape index (κ2) is 15.2. The van der Waals surface area contributed by atoms with Crippen LogP contribution in [-0.2, 0) is 32.4 Å². The molecule has 0 radical (unpaired) electrons. The molecule has 2 aromatic heterocycles. The highest BCUT2D eigenvalue weighted by Gasteiger charge is 2.36. The molecule has 2 heterocycles. The standard InChI is InChI=1S/C19H18F3N3O2S.C17H14F3N3O2S/c1-3-23-28(26,27)16-10-8-15(9-11-16)25-17(12-18(24-25)19(20,21)22)14-6-4-13(2)5-7-14;1-11-2-4-12(5-3-11)15-10-16(17(18,19)20)22-23(15)13-6-8-14(9-7-13)26(21,24)25/h4-12,23H,3H2,1-2H3;2-10H,1H3,(H2,21,24,25). The van der Waals surface area contributed by atoms with Crippen molar-refractivity contribution in [1.82, 2.24) is 24.3 Å². The molecule has 6 aromatic rings. The van der Waals surface area contributed by atoms with E-state index in [1.165, 1.54) is 48.5 Å². The van der Waals surface area contributed by atoms with Gasteiger partial charge in [0.25, 0.3) is 0 Å². The topological polar surface area (TPSA) is 142 Å². The minimum atomic E-state index is -4.61. The molecule has 0 aliphatic carbocycles. The lowest BCUT2D eigenvalue weighted by atomic mass is 10.1. The first-order valence-corrected chi connectivity index (χ1v) is 18.9. The minimum absolute atomic E-state index is 0.0261. The highest BCUT2D eigenvalue weighted by molar-refractivity contribution is 7.89. The molecule has 18 heteroatoms. The van der Waals surface area contributed by atoms with E-state index in [1.54, 1.807) is 55.5 Å². The Morgan fingerprint density at radius 3 is 1.26 bits per heavy atom. The summed E-state index contributed by atoms with van der Waals surface area (Å²) >= 11 is 0. The van der Waals surface area contributed by atoms with E-state index in [-0.39, 0.29) is 33.4 Å². The van der Waals surface area contributed by atoms with Gasteiger partial charge >= 0.3 is 12.4 Å². The van der Waals surface area contributed by atoms with Gasteiger partial charge in [-0.15, -0.1) is 0 Å². The van der Waals surface area contributed by atoms with Crippen molar-refractivity contribution in [3.63, 3.8) is 0 Å². The third-order valence-corrected chi connectivity index (χ3v) is 10.3. The zero-order valence-corrected chi connectivity index (χ0v) is 30.3. The number of halogens is 6. The zero-order valence-electron chi connectivity index (χ0n) is 28.7. The van der Waals surface area contributed by atoms with Crippen LogP contribution in [0.2, 0.25) is 0 Å². The lowest BCUT2D eigenvalue weighted by molar-refractivity contribution is -0.142. The molecule has 10 nitrogen and oxygen atoms in total. The van der Waals surface area contributed by atoms with E-state index in [0.29, 0.717) is 16.8 Å². The van der Waals surface area contributed by atoms with Gasteiger partial charge in [0.05, 0.1) is 32.6 Å². The summed E-state index contributed by atoms with van der Waals surface area (Å²) in [6.07, 6.45) is -9.20. The van der Waals surface area contributed by atoms with Crippen LogP contribution in [-0.4, -0.2) is 42.9 Å². The number of rotatable bonds is 8. The summed E-state index contributed by atoms with van der Waals surface area (Å²) in [5.41, 5.74) is 2.10. The third-order valence-electron chi connectivity index (χ3n) is 7.83. The molecule has 0 bridgehead atoms.